The molecule has 0 aromatic carbocycles. The van der Waals surface area contributed by atoms with Gasteiger partial charge in [0.25, 0.3) is 0 Å². The Morgan fingerprint density at radius 1 is 1.11 bits per heavy atom. The molecule has 1 saturated heterocycles. The van der Waals surface area contributed by atoms with Crippen molar-refractivity contribution >= 4 is 0 Å². The molecule has 0 bridgehead atoms. The average molecular weight is 267 g/mol. The summed E-state index contributed by atoms with van der Waals surface area (Å²) in [4.78, 5) is 5.26. The summed E-state index contributed by atoms with van der Waals surface area (Å²) in [6, 6.07) is 0.696. The summed E-state index contributed by atoms with van der Waals surface area (Å²) in [5, 5.41) is 0. The number of hydrogen-bond acceptors (Lipinski definition) is 3. The largest absolute Gasteiger partial charge is 0.330 e. The molecule has 0 radical (unpaired) electrons. The van der Waals surface area contributed by atoms with E-state index in [0.717, 1.165) is 12.5 Å². The lowest BCUT2D eigenvalue weighted by atomic mass is 9.70. The first-order chi connectivity index (χ1) is 9.04. The molecule has 19 heavy (non-hydrogen) atoms. The molecule has 2 aliphatic rings. The van der Waals surface area contributed by atoms with Crippen LogP contribution in [0.3, 0.4) is 0 Å². The third-order valence-electron chi connectivity index (χ3n) is 5.46. The minimum atomic E-state index is 0.423. The quantitative estimate of drug-likeness (QED) is 0.847. The van der Waals surface area contributed by atoms with E-state index in [1.807, 2.05) is 0 Å². The minimum Gasteiger partial charge on any atom is -0.330 e. The molecule has 0 aromatic heterocycles. The Bertz CT molecular complexity index is 261. The van der Waals surface area contributed by atoms with Crippen molar-refractivity contribution < 1.29 is 0 Å². The van der Waals surface area contributed by atoms with Crippen molar-refractivity contribution in [1.82, 2.24) is 9.80 Å². The van der Waals surface area contributed by atoms with Gasteiger partial charge >= 0.3 is 0 Å². The van der Waals surface area contributed by atoms with Gasteiger partial charge in [-0.15, -0.1) is 0 Å². The van der Waals surface area contributed by atoms with Gasteiger partial charge in [-0.05, 0) is 44.6 Å². The molecule has 1 aliphatic heterocycles. The lowest BCUT2D eigenvalue weighted by molar-refractivity contribution is 0.0495. The maximum atomic E-state index is 6.14. The van der Waals surface area contributed by atoms with Crippen LogP contribution < -0.4 is 5.73 Å². The van der Waals surface area contributed by atoms with Gasteiger partial charge in [0.15, 0.2) is 0 Å². The van der Waals surface area contributed by atoms with E-state index in [4.69, 9.17) is 5.73 Å². The zero-order chi connectivity index (χ0) is 13.9. The van der Waals surface area contributed by atoms with Gasteiger partial charge in [0.05, 0.1) is 0 Å². The van der Waals surface area contributed by atoms with Crippen molar-refractivity contribution in [3.63, 3.8) is 0 Å². The molecule has 2 rings (SSSR count). The Morgan fingerprint density at radius 2 is 1.68 bits per heavy atom. The van der Waals surface area contributed by atoms with Gasteiger partial charge in [-0.3, -0.25) is 4.90 Å². The Labute approximate surface area is 119 Å². The standard InChI is InChI=1S/C16H33N3/c1-14(2)19-10-8-18(9-11-19)13-16(12-17)6-4-15(3)5-7-16/h14-15H,4-13,17H2,1-3H3. The summed E-state index contributed by atoms with van der Waals surface area (Å²) in [6.45, 7) is 14.0. The van der Waals surface area contributed by atoms with Crippen molar-refractivity contribution in [2.24, 2.45) is 17.1 Å². The van der Waals surface area contributed by atoms with Crippen LogP contribution in [0.4, 0.5) is 0 Å². The van der Waals surface area contributed by atoms with Gasteiger partial charge in [-0.1, -0.05) is 19.8 Å². The van der Waals surface area contributed by atoms with Crippen LogP contribution in [0.5, 0.6) is 0 Å². The van der Waals surface area contributed by atoms with Crippen LogP contribution in [0.1, 0.15) is 46.5 Å². The summed E-state index contributed by atoms with van der Waals surface area (Å²) in [5.74, 6) is 0.914. The van der Waals surface area contributed by atoms with Gasteiger partial charge in [0.2, 0.25) is 0 Å². The van der Waals surface area contributed by atoms with E-state index in [2.05, 4.69) is 30.6 Å². The zero-order valence-electron chi connectivity index (χ0n) is 13.2. The second kappa shape index (κ2) is 6.55. The van der Waals surface area contributed by atoms with Crippen molar-refractivity contribution in [2.75, 3.05) is 39.3 Å². The van der Waals surface area contributed by atoms with Crippen molar-refractivity contribution in [3.05, 3.63) is 0 Å². The highest BCUT2D eigenvalue weighted by Gasteiger charge is 2.35. The van der Waals surface area contributed by atoms with E-state index < -0.39 is 0 Å². The maximum absolute atomic E-state index is 6.14. The molecule has 1 heterocycles. The zero-order valence-corrected chi connectivity index (χ0v) is 13.2. The monoisotopic (exact) mass is 267 g/mol. The number of rotatable bonds is 4. The second-order valence-corrected chi connectivity index (χ2v) is 7.29. The summed E-state index contributed by atoms with van der Waals surface area (Å²) in [7, 11) is 0. The first kappa shape index (κ1) is 15.3. The fourth-order valence-corrected chi connectivity index (χ4v) is 3.71. The molecule has 2 N–H and O–H groups in total. The molecule has 112 valence electrons. The number of nitrogens with zero attached hydrogens (tertiary/aromatic N) is 2. The molecule has 1 saturated carbocycles. The molecule has 0 aromatic rings. The van der Waals surface area contributed by atoms with Gasteiger partial charge in [-0.2, -0.15) is 0 Å². The van der Waals surface area contributed by atoms with Crippen molar-refractivity contribution in [1.29, 1.82) is 0 Å². The lowest BCUT2D eigenvalue weighted by Gasteiger charge is -2.45. The average Bonchev–Trinajstić information content (AvgIpc) is 2.42. The van der Waals surface area contributed by atoms with E-state index in [1.165, 1.54) is 58.4 Å². The molecular formula is C16H33N3. The highest BCUT2D eigenvalue weighted by atomic mass is 15.3. The Morgan fingerprint density at radius 3 is 2.16 bits per heavy atom. The maximum Gasteiger partial charge on any atom is 0.0113 e. The molecule has 2 fully saturated rings. The number of nitrogens with two attached hydrogens (primary N) is 1. The minimum absolute atomic E-state index is 0.423. The van der Waals surface area contributed by atoms with Crippen LogP contribution in [0.2, 0.25) is 0 Å². The molecule has 0 amide bonds. The first-order valence-corrected chi connectivity index (χ1v) is 8.21. The molecule has 0 unspecified atom stereocenters. The van der Waals surface area contributed by atoms with Crippen LogP contribution in [-0.4, -0.2) is 55.1 Å². The molecule has 0 spiro atoms. The third-order valence-corrected chi connectivity index (χ3v) is 5.46. The van der Waals surface area contributed by atoms with Crippen molar-refractivity contribution in [3.8, 4) is 0 Å². The van der Waals surface area contributed by atoms with Crippen LogP contribution in [0, 0.1) is 11.3 Å². The first-order valence-electron chi connectivity index (χ1n) is 8.21. The fourth-order valence-electron chi connectivity index (χ4n) is 3.71. The normalized spacial score (nSPS) is 34.9. The Kier molecular flexibility index (Phi) is 5.27. The van der Waals surface area contributed by atoms with Gasteiger partial charge < -0.3 is 10.6 Å². The van der Waals surface area contributed by atoms with E-state index >= 15 is 0 Å². The number of piperazine rings is 1. The molecule has 3 nitrogen and oxygen atoms in total. The van der Waals surface area contributed by atoms with E-state index in [9.17, 15) is 0 Å². The molecular weight excluding hydrogens is 234 g/mol. The summed E-state index contributed by atoms with van der Waals surface area (Å²) in [5.41, 5.74) is 6.56. The van der Waals surface area contributed by atoms with E-state index in [-0.39, 0.29) is 0 Å². The highest BCUT2D eigenvalue weighted by molar-refractivity contribution is 4.89. The summed E-state index contributed by atoms with van der Waals surface area (Å²) >= 11 is 0. The Balaban J connectivity index is 1.83. The van der Waals surface area contributed by atoms with Crippen LogP contribution in [-0.2, 0) is 0 Å². The predicted octanol–water partition coefficient (Wildman–Crippen LogP) is 2.17. The molecule has 3 heteroatoms. The van der Waals surface area contributed by atoms with Crippen LogP contribution >= 0.6 is 0 Å². The van der Waals surface area contributed by atoms with Gasteiger partial charge in [0, 0.05) is 38.8 Å². The topological polar surface area (TPSA) is 32.5 Å². The fraction of sp³-hybridized carbons (Fsp3) is 1.00. The van der Waals surface area contributed by atoms with Crippen LogP contribution in [0.25, 0.3) is 0 Å². The highest BCUT2D eigenvalue weighted by Crippen LogP contribution is 2.38. The van der Waals surface area contributed by atoms with Gasteiger partial charge in [0.1, 0.15) is 0 Å². The SMILES string of the molecule is CC1CCC(CN)(CN2CCN(C(C)C)CC2)CC1. The lowest BCUT2D eigenvalue weighted by Crippen LogP contribution is -2.53. The van der Waals surface area contributed by atoms with Gasteiger partial charge in [-0.25, -0.2) is 0 Å². The second-order valence-electron chi connectivity index (χ2n) is 7.29. The van der Waals surface area contributed by atoms with Crippen LogP contribution in [0.15, 0.2) is 0 Å². The smallest absolute Gasteiger partial charge is 0.0113 e. The summed E-state index contributed by atoms with van der Waals surface area (Å²) in [6.07, 6.45) is 5.44. The van der Waals surface area contributed by atoms with E-state index in [0.29, 0.717) is 11.5 Å². The van der Waals surface area contributed by atoms with Crippen molar-refractivity contribution in [2.45, 2.75) is 52.5 Å². The molecule has 1 aliphatic carbocycles. The molecule has 0 atom stereocenters. The summed E-state index contributed by atoms with van der Waals surface area (Å²) < 4.78 is 0. The third kappa shape index (κ3) is 3.93. The number of hydrogen-bond donors (Lipinski definition) is 1. The Hall–Kier alpha value is -0.120. The predicted molar refractivity (Wildman–Crippen MR) is 82.3 cm³/mol. The van der Waals surface area contributed by atoms with E-state index in [1.54, 1.807) is 0 Å².